The van der Waals surface area contributed by atoms with Crippen molar-refractivity contribution in [2.24, 2.45) is 0 Å². The Labute approximate surface area is 196 Å². The fraction of sp³-hybridized carbons (Fsp3) is 0.400. The lowest BCUT2D eigenvalue weighted by Gasteiger charge is -2.16. The highest BCUT2D eigenvalue weighted by molar-refractivity contribution is 5.70. The molecule has 0 radical (unpaired) electrons. The number of fused-ring (bicyclic) bond motifs is 1. The first-order valence-electron chi connectivity index (χ1n) is 11.6. The Bertz CT molecular complexity index is 1330. The molecule has 1 atom stereocenters. The Balaban J connectivity index is 1.63. The highest BCUT2D eigenvalue weighted by Gasteiger charge is 2.20. The van der Waals surface area contributed by atoms with E-state index in [2.05, 4.69) is 11.9 Å². The zero-order valence-corrected chi connectivity index (χ0v) is 19.5. The minimum atomic E-state index is -1.05. The number of benzene rings is 1. The Morgan fingerprint density at radius 3 is 2.59 bits per heavy atom. The van der Waals surface area contributed by atoms with Crippen LogP contribution in [-0.2, 0) is 26.1 Å². The van der Waals surface area contributed by atoms with Crippen LogP contribution in [0.2, 0.25) is 0 Å². The number of aliphatic hydroxyl groups excluding tert-OH is 1. The maximum Gasteiger partial charge on any atom is 0.332 e. The van der Waals surface area contributed by atoms with Crippen LogP contribution in [0.15, 0.2) is 63.0 Å². The van der Waals surface area contributed by atoms with Gasteiger partial charge in [-0.05, 0) is 42.7 Å². The fourth-order valence-corrected chi connectivity index (χ4v) is 3.89. The normalized spacial score (nSPS) is 12.3. The summed E-state index contributed by atoms with van der Waals surface area (Å²) in [7, 11) is 0. The summed E-state index contributed by atoms with van der Waals surface area (Å²) in [5.41, 5.74) is 0.846. The second-order valence-electron chi connectivity index (χ2n) is 8.29. The molecule has 0 aliphatic carbocycles. The van der Waals surface area contributed by atoms with Crippen LogP contribution in [0.3, 0.4) is 0 Å². The molecule has 4 rings (SSSR count). The maximum absolute atomic E-state index is 13.4. The summed E-state index contributed by atoms with van der Waals surface area (Å²) in [6.45, 7) is 4.61. The van der Waals surface area contributed by atoms with E-state index in [4.69, 9.17) is 9.15 Å². The van der Waals surface area contributed by atoms with Gasteiger partial charge in [-0.15, -0.1) is 0 Å². The number of hydrogen-bond donors (Lipinski definition) is 1. The van der Waals surface area contributed by atoms with Crippen LogP contribution in [0, 0.1) is 0 Å². The molecule has 0 saturated carbocycles. The second kappa shape index (κ2) is 10.6. The lowest BCUT2D eigenvalue weighted by Crippen LogP contribution is -2.44. The number of aliphatic hydroxyl groups is 1. The summed E-state index contributed by atoms with van der Waals surface area (Å²) in [4.78, 5) is 31.0. The van der Waals surface area contributed by atoms with E-state index in [9.17, 15) is 14.7 Å². The van der Waals surface area contributed by atoms with Gasteiger partial charge in [0.25, 0.3) is 5.56 Å². The Morgan fingerprint density at radius 1 is 1.12 bits per heavy atom. The third-order valence-corrected chi connectivity index (χ3v) is 5.79. The number of imidazole rings is 1. The molecule has 9 heteroatoms. The van der Waals surface area contributed by atoms with E-state index in [0.717, 1.165) is 23.8 Å². The van der Waals surface area contributed by atoms with Gasteiger partial charge in [-0.25, -0.2) is 9.78 Å². The summed E-state index contributed by atoms with van der Waals surface area (Å²) in [6.07, 6.45) is 4.63. The molecule has 4 aromatic rings. The average Bonchev–Trinajstić information content (AvgIpc) is 3.51. The highest BCUT2D eigenvalue weighted by atomic mass is 16.5. The smallest absolute Gasteiger partial charge is 0.332 e. The number of ether oxygens (including phenoxy) is 1. The molecule has 0 amide bonds. The van der Waals surface area contributed by atoms with Crippen LogP contribution in [0.5, 0.6) is 5.75 Å². The van der Waals surface area contributed by atoms with Gasteiger partial charge in [0.2, 0.25) is 0 Å². The van der Waals surface area contributed by atoms with Crippen molar-refractivity contribution < 1.29 is 14.3 Å². The lowest BCUT2D eigenvalue weighted by molar-refractivity contribution is 0.0901. The summed E-state index contributed by atoms with van der Waals surface area (Å²) in [5.74, 6) is 1.29. The van der Waals surface area contributed by atoms with Gasteiger partial charge in [0.05, 0.1) is 25.7 Å². The van der Waals surface area contributed by atoms with Gasteiger partial charge >= 0.3 is 5.69 Å². The molecule has 1 N–H and O–H groups in total. The van der Waals surface area contributed by atoms with Gasteiger partial charge in [0, 0.05) is 6.54 Å². The Kier molecular flexibility index (Phi) is 7.32. The number of aryl methyl sites for hydroxylation is 2. The van der Waals surface area contributed by atoms with Gasteiger partial charge in [-0.1, -0.05) is 32.4 Å². The molecule has 180 valence electrons. The zero-order chi connectivity index (χ0) is 24.1. The highest BCUT2D eigenvalue weighted by Crippen LogP contribution is 2.14. The summed E-state index contributed by atoms with van der Waals surface area (Å²) < 4.78 is 15.4. The number of furan rings is 1. The monoisotopic (exact) mass is 466 g/mol. The van der Waals surface area contributed by atoms with Gasteiger partial charge in [0.15, 0.2) is 11.2 Å². The number of nitrogens with zero attached hydrogens (tertiary/aromatic N) is 4. The third kappa shape index (κ3) is 4.99. The van der Waals surface area contributed by atoms with Crippen LogP contribution in [-0.4, -0.2) is 36.5 Å². The van der Waals surface area contributed by atoms with Gasteiger partial charge in [-0.2, -0.15) is 0 Å². The number of aromatic nitrogens is 4. The topological polar surface area (TPSA) is 104 Å². The molecule has 9 nitrogen and oxygen atoms in total. The molecule has 34 heavy (non-hydrogen) atoms. The predicted molar refractivity (Wildman–Crippen MR) is 128 cm³/mol. The van der Waals surface area contributed by atoms with Crippen molar-refractivity contribution in [3.8, 4) is 5.75 Å². The van der Waals surface area contributed by atoms with E-state index in [0.29, 0.717) is 35.8 Å². The number of rotatable bonds is 11. The minimum Gasteiger partial charge on any atom is -0.491 e. The molecule has 0 spiro atoms. The summed E-state index contributed by atoms with van der Waals surface area (Å²) in [6, 6.07) is 11.2. The zero-order valence-electron chi connectivity index (χ0n) is 19.5. The van der Waals surface area contributed by atoms with E-state index >= 15 is 0 Å². The molecular formula is C25H30N4O5. The van der Waals surface area contributed by atoms with E-state index in [-0.39, 0.29) is 13.2 Å². The third-order valence-electron chi connectivity index (χ3n) is 5.79. The molecule has 3 heterocycles. The van der Waals surface area contributed by atoms with Crippen LogP contribution in [0.1, 0.15) is 38.0 Å². The molecule has 0 bridgehead atoms. The first-order chi connectivity index (χ1) is 16.5. The van der Waals surface area contributed by atoms with Crippen LogP contribution in [0.25, 0.3) is 11.2 Å². The Hall–Kier alpha value is -3.59. The minimum absolute atomic E-state index is 0.0456. The largest absolute Gasteiger partial charge is 0.491 e. The second-order valence-corrected chi connectivity index (χ2v) is 8.29. The Morgan fingerprint density at radius 2 is 1.91 bits per heavy atom. The average molecular weight is 467 g/mol. The quantitative estimate of drug-likeness (QED) is 0.365. The predicted octanol–water partition coefficient (Wildman–Crippen LogP) is 2.80. The molecule has 1 aromatic carbocycles. The van der Waals surface area contributed by atoms with Crippen molar-refractivity contribution in [2.45, 2.75) is 58.8 Å². The van der Waals surface area contributed by atoms with Crippen molar-refractivity contribution in [1.82, 2.24) is 18.7 Å². The molecule has 0 aliphatic heterocycles. The van der Waals surface area contributed by atoms with E-state index in [1.54, 1.807) is 23.2 Å². The number of hydrogen-bond acceptors (Lipinski definition) is 6. The van der Waals surface area contributed by atoms with Gasteiger partial charge in [-0.3, -0.25) is 13.9 Å². The fourth-order valence-electron chi connectivity index (χ4n) is 3.89. The van der Waals surface area contributed by atoms with Crippen LogP contribution >= 0.6 is 0 Å². The standard InChI is InChI=1S/C25H30N4O5/c1-3-5-12-28-23-22(27(17-26-23)15-21-7-6-13-33-21)24(31)29(25(28)32)14-19(30)16-34-20-10-8-18(4-2)9-11-20/h6-11,13,17,19,30H,3-5,12,14-16H2,1-2H3/t19-/m0/s1. The molecular weight excluding hydrogens is 436 g/mol. The van der Waals surface area contributed by atoms with Gasteiger partial charge in [0.1, 0.15) is 24.2 Å². The number of unbranched alkanes of at least 4 members (excludes halogenated alkanes) is 1. The van der Waals surface area contributed by atoms with Crippen molar-refractivity contribution in [2.75, 3.05) is 6.61 Å². The summed E-state index contributed by atoms with van der Waals surface area (Å²) in [5, 5.41) is 10.6. The molecule has 0 saturated heterocycles. The van der Waals surface area contributed by atoms with E-state index < -0.39 is 17.4 Å². The first-order valence-corrected chi connectivity index (χ1v) is 11.6. The SMILES string of the molecule is CCCCn1c(=O)n(C[C@H](O)COc2ccc(CC)cc2)c(=O)c2c1ncn2Cc1ccco1. The van der Waals surface area contributed by atoms with E-state index in [1.165, 1.54) is 10.1 Å². The molecule has 0 unspecified atom stereocenters. The van der Waals surface area contributed by atoms with Crippen molar-refractivity contribution in [3.05, 3.63) is 81.2 Å². The molecule has 3 aromatic heterocycles. The van der Waals surface area contributed by atoms with Crippen LogP contribution in [0.4, 0.5) is 0 Å². The van der Waals surface area contributed by atoms with Gasteiger partial charge < -0.3 is 18.8 Å². The lowest BCUT2D eigenvalue weighted by atomic mass is 10.2. The first kappa shape index (κ1) is 23.6. The van der Waals surface area contributed by atoms with Crippen LogP contribution < -0.4 is 16.0 Å². The van der Waals surface area contributed by atoms with Crippen molar-refractivity contribution >= 4 is 11.2 Å². The maximum atomic E-state index is 13.4. The molecule has 0 aliphatic rings. The van der Waals surface area contributed by atoms with Crippen molar-refractivity contribution in [1.29, 1.82) is 0 Å². The van der Waals surface area contributed by atoms with E-state index in [1.807, 2.05) is 37.3 Å². The molecule has 0 fully saturated rings. The summed E-state index contributed by atoms with van der Waals surface area (Å²) >= 11 is 0. The van der Waals surface area contributed by atoms with Crippen molar-refractivity contribution in [3.63, 3.8) is 0 Å².